The Morgan fingerprint density at radius 3 is 2.36 bits per heavy atom. The lowest BCUT2D eigenvalue weighted by Gasteiger charge is -2.20. The third-order valence-corrected chi connectivity index (χ3v) is 3.60. The van der Waals surface area contributed by atoms with Crippen LogP contribution in [0.4, 0.5) is 0 Å². The van der Waals surface area contributed by atoms with Crippen molar-refractivity contribution in [3.8, 4) is 0 Å². The average Bonchev–Trinajstić information content (AvgIpc) is 2.98. The highest BCUT2D eigenvalue weighted by Crippen LogP contribution is 2.36. The minimum Gasteiger partial charge on any atom is -0.477 e. The van der Waals surface area contributed by atoms with Crippen molar-refractivity contribution < 1.29 is 23.8 Å². The normalized spacial score (nSPS) is 19.9. The second-order valence-corrected chi connectivity index (χ2v) is 5.09. The molecule has 0 fully saturated rings. The predicted octanol–water partition coefficient (Wildman–Crippen LogP) is 2.61. The Labute approximate surface area is 133 Å². The summed E-state index contributed by atoms with van der Waals surface area (Å²) in [7, 11) is 2.51. The number of benzene rings is 1. The smallest absolute Gasteiger partial charge is 0.373 e. The number of carbonyl (C=O) groups is 2. The van der Waals surface area contributed by atoms with E-state index < -0.39 is 18.0 Å². The molecule has 0 aliphatic carbocycles. The summed E-state index contributed by atoms with van der Waals surface area (Å²) in [5.74, 6) is -1.53. The first kappa shape index (κ1) is 16.1. The van der Waals surface area contributed by atoms with E-state index in [0.29, 0.717) is 5.02 Å². The van der Waals surface area contributed by atoms with Gasteiger partial charge in [-0.1, -0.05) is 30.3 Å². The molecule has 0 spiro atoms. The third kappa shape index (κ3) is 3.14. The minimum absolute atomic E-state index is 0.0394. The van der Waals surface area contributed by atoms with E-state index in [-0.39, 0.29) is 17.3 Å². The summed E-state index contributed by atoms with van der Waals surface area (Å²) < 4.78 is 14.9. The van der Waals surface area contributed by atoms with Crippen LogP contribution in [0.15, 0.2) is 48.3 Å². The summed E-state index contributed by atoms with van der Waals surface area (Å²) in [5.41, 5.74) is 0.955. The summed E-state index contributed by atoms with van der Waals surface area (Å²) in [4.78, 5) is 23.4. The number of esters is 2. The van der Waals surface area contributed by atoms with Gasteiger partial charge in [0, 0.05) is 10.9 Å². The highest BCUT2D eigenvalue weighted by molar-refractivity contribution is 6.30. The number of rotatable bonds is 4. The Morgan fingerprint density at radius 1 is 1.18 bits per heavy atom. The summed E-state index contributed by atoms with van der Waals surface area (Å²) in [5, 5.41) is 0.586. The van der Waals surface area contributed by atoms with Crippen LogP contribution in [0.5, 0.6) is 0 Å². The van der Waals surface area contributed by atoms with Crippen LogP contribution in [0.1, 0.15) is 11.5 Å². The Morgan fingerprint density at radius 2 is 1.82 bits per heavy atom. The Bertz CT molecular complexity index is 632. The van der Waals surface area contributed by atoms with Gasteiger partial charge in [0.25, 0.3) is 0 Å². The van der Waals surface area contributed by atoms with Crippen molar-refractivity contribution >= 4 is 23.5 Å². The fourth-order valence-electron chi connectivity index (χ4n) is 2.21. The molecule has 2 atom stereocenters. The number of carbonyl (C=O) groups excluding carboxylic acids is 2. The summed E-state index contributed by atoms with van der Waals surface area (Å²) in [6.07, 6.45) is 0.871. The molecule has 2 rings (SSSR count). The van der Waals surface area contributed by atoms with Gasteiger partial charge in [0.05, 0.1) is 19.8 Å². The average molecular weight is 323 g/mol. The van der Waals surface area contributed by atoms with Crippen molar-refractivity contribution in [1.82, 2.24) is 0 Å². The molecule has 116 valence electrons. The summed E-state index contributed by atoms with van der Waals surface area (Å²) in [6.45, 7) is 3.71. The van der Waals surface area contributed by atoms with Crippen LogP contribution in [0, 0.1) is 0 Å². The highest BCUT2D eigenvalue weighted by Gasteiger charge is 2.38. The van der Waals surface area contributed by atoms with Crippen molar-refractivity contribution in [2.24, 2.45) is 0 Å². The van der Waals surface area contributed by atoms with Crippen molar-refractivity contribution in [2.75, 3.05) is 14.2 Å². The largest absolute Gasteiger partial charge is 0.477 e. The zero-order chi connectivity index (χ0) is 16.3. The number of methoxy groups -OCH3 is 2. The van der Waals surface area contributed by atoms with E-state index in [4.69, 9.17) is 16.3 Å². The van der Waals surface area contributed by atoms with Gasteiger partial charge in [-0.2, -0.15) is 0 Å². The topological polar surface area (TPSA) is 61.8 Å². The van der Waals surface area contributed by atoms with Gasteiger partial charge in [-0.15, -0.1) is 0 Å². The molecule has 1 aliphatic rings. The van der Waals surface area contributed by atoms with Crippen molar-refractivity contribution in [1.29, 1.82) is 0 Å². The van der Waals surface area contributed by atoms with Gasteiger partial charge in [0.2, 0.25) is 5.76 Å². The van der Waals surface area contributed by atoms with Gasteiger partial charge in [-0.3, -0.25) is 0 Å². The van der Waals surface area contributed by atoms with Gasteiger partial charge in [-0.25, -0.2) is 9.59 Å². The van der Waals surface area contributed by atoms with Crippen LogP contribution in [0.2, 0.25) is 5.02 Å². The zero-order valence-electron chi connectivity index (χ0n) is 12.2. The second-order valence-electron chi connectivity index (χ2n) is 4.66. The van der Waals surface area contributed by atoms with Gasteiger partial charge in [-0.05, 0) is 23.8 Å². The maximum absolute atomic E-state index is 11.7. The summed E-state index contributed by atoms with van der Waals surface area (Å²) >= 11 is 5.88. The molecule has 0 amide bonds. The molecule has 5 nitrogen and oxygen atoms in total. The van der Waals surface area contributed by atoms with E-state index >= 15 is 0 Å². The molecule has 1 aromatic carbocycles. The fraction of sp³-hybridized carbons (Fsp3) is 0.250. The summed E-state index contributed by atoms with van der Waals surface area (Å²) in [6, 6.07) is 7.03. The van der Waals surface area contributed by atoms with Gasteiger partial charge in [0.1, 0.15) is 6.10 Å². The molecule has 1 aromatic rings. The first-order valence-corrected chi connectivity index (χ1v) is 6.85. The number of hydrogen-bond acceptors (Lipinski definition) is 5. The predicted molar refractivity (Wildman–Crippen MR) is 80.3 cm³/mol. The zero-order valence-corrected chi connectivity index (χ0v) is 12.9. The quantitative estimate of drug-likeness (QED) is 0.630. The van der Waals surface area contributed by atoms with Crippen molar-refractivity contribution in [2.45, 2.75) is 12.0 Å². The van der Waals surface area contributed by atoms with E-state index in [1.54, 1.807) is 30.3 Å². The van der Waals surface area contributed by atoms with E-state index in [0.717, 1.165) is 5.56 Å². The molecule has 0 saturated heterocycles. The van der Waals surface area contributed by atoms with Gasteiger partial charge < -0.3 is 14.2 Å². The second kappa shape index (κ2) is 6.66. The Kier molecular flexibility index (Phi) is 4.88. The third-order valence-electron chi connectivity index (χ3n) is 3.34. The molecule has 0 N–H and O–H groups in total. The molecule has 0 radical (unpaired) electrons. The molecular formula is C16H15ClO5. The molecule has 0 unspecified atom stereocenters. The van der Waals surface area contributed by atoms with Gasteiger partial charge in [0.15, 0.2) is 0 Å². The minimum atomic E-state index is -0.734. The van der Waals surface area contributed by atoms with E-state index in [1.807, 2.05) is 0 Å². The van der Waals surface area contributed by atoms with Crippen LogP contribution in [-0.4, -0.2) is 32.3 Å². The lowest BCUT2D eigenvalue weighted by Crippen LogP contribution is -2.24. The number of ether oxygens (including phenoxy) is 3. The van der Waals surface area contributed by atoms with E-state index in [2.05, 4.69) is 16.1 Å². The lowest BCUT2D eigenvalue weighted by molar-refractivity contribution is -0.142. The van der Waals surface area contributed by atoms with Crippen LogP contribution >= 0.6 is 11.6 Å². The monoisotopic (exact) mass is 322 g/mol. The van der Waals surface area contributed by atoms with Crippen molar-refractivity contribution in [3.05, 3.63) is 58.8 Å². The maximum Gasteiger partial charge on any atom is 0.373 e. The molecule has 0 saturated carbocycles. The van der Waals surface area contributed by atoms with Crippen LogP contribution in [-0.2, 0) is 23.8 Å². The Balaban J connectivity index is 2.36. The molecule has 0 aromatic heterocycles. The molecule has 22 heavy (non-hydrogen) atoms. The highest BCUT2D eigenvalue weighted by atomic mass is 35.5. The standard InChI is InChI=1S/C16H15ClO5/c1-9(15(18)20-2)14-12(8-13(22-14)16(19)21-3)10-4-6-11(17)7-5-10/h4-8,12,14H,1H2,2-3H3/t12-,14-/m1/s1. The SMILES string of the molecule is C=C(C(=O)OC)[C@H]1OC(C(=O)OC)=C[C@@H]1c1ccc(Cl)cc1. The molecule has 0 bridgehead atoms. The van der Waals surface area contributed by atoms with Crippen LogP contribution in [0.3, 0.4) is 0 Å². The number of halogens is 1. The van der Waals surface area contributed by atoms with Crippen molar-refractivity contribution in [3.63, 3.8) is 0 Å². The lowest BCUT2D eigenvalue weighted by atomic mass is 9.90. The van der Waals surface area contributed by atoms with E-state index in [9.17, 15) is 9.59 Å². The first-order chi connectivity index (χ1) is 10.5. The Hall–Kier alpha value is -2.27. The number of hydrogen-bond donors (Lipinski definition) is 0. The fourth-order valence-corrected chi connectivity index (χ4v) is 2.33. The van der Waals surface area contributed by atoms with Crippen LogP contribution < -0.4 is 0 Å². The van der Waals surface area contributed by atoms with Gasteiger partial charge >= 0.3 is 11.9 Å². The van der Waals surface area contributed by atoms with Crippen LogP contribution in [0.25, 0.3) is 0 Å². The maximum atomic E-state index is 11.7. The molecule has 6 heteroatoms. The first-order valence-electron chi connectivity index (χ1n) is 6.47. The molecule has 1 heterocycles. The molecular weight excluding hydrogens is 308 g/mol. The molecule has 1 aliphatic heterocycles. The van der Waals surface area contributed by atoms with E-state index in [1.165, 1.54) is 14.2 Å².